The van der Waals surface area contributed by atoms with Crippen LogP contribution in [0.25, 0.3) is 0 Å². The van der Waals surface area contributed by atoms with E-state index < -0.39 is 23.8 Å². The summed E-state index contributed by atoms with van der Waals surface area (Å²) < 4.78 is 42.7. The fourth-order valence-corrected chi connectivity index (χ4v) is 5.96. The standard InChI is InChI=1S/C16H19F3O3/c1-6(16(17,18)19)15(21)22-12-5-8-3-10(12)14-7-2-9(13(8)14)11(20)4-7/h7-14,20H,1-5H2. The van der Waals surface area contributed by atoms with Gasteiger partial charge in [-0.2, -0.15) is 13.2 Å². The van der Waals surface area contributed by atoms with E-state index in [0.717, 1.165) is 19.3 Å². The van der Waals surface area contributed by atoms with Crippen LogP contribution in [0.5, 0.6) is 0 Å². The van der Waals surface area contributed by atoms with Gasteiger partial charge in [-0.3, -0.25) is 0 Å². The van der Waals surface area contributed by atoms with Crippen LogP contribution >= 0.6 is 0 Å². The first-order valence-corrected chi connectivity index (χ1v) is 7.92. The average molecular weight is 316 g/mol. The maximum Gasteiger partial charge on any atom is 0.422 e. The molecule has 0 aromatic rings. The largest absolute Gasteiger partial charge is 0.458 e. The van der Waals surface area contributed by atoms with E-state index in [0.29, 0.717) is 36.0 Å². The van der Waals surface area contributed by atoms with Crippen molar-refractivity contribution in [3.05, 3.63) is 12.2 Å². The van der Waals surface area contributed by atoms with Crippen molar-refractivity contribution in [1.82, 2.24) is 0 Å². The summed E-state index contributed by atoms with van der Waals surface area (Å²) in [7, 11) is 0. The van der Waals surface area contributed by atoms with Gasteiger partial charge in [0.2, 0.25) is 0 Å². The number of carbonyl (C=O) groups excluding carboxylic acids is 1. The molecule has 4 fully saturated rings. The lowest BCUT2D eigenvalue weighted by Gasteiger charge is -2.39. The minimum atomic E-state index is -4.73. The Morgan fingerprint density at radius 1 is 1.05 bits per heavy atom. The zero-order valence-electron chi connectivity index (χ0n) is 12.1. The van der Waals surface area contributed by atoms with Gasteiger partial charge in [-0.1, -0.05) is 6.58 Å². The van der Waals surface area contributed by atoms with Crippen molar-refractivity contribution in [3.8, 4) is 0 Å². The molecule has 1 N–H and O–H groups in total. The molecule has 0 aromatic heterocycles. The number of aliphatic hydroxyl groups excluding tert-OH is 1. The Balaban J connectivity index is 1.46. The molecule has 4 bridgehead atoms. The number of ether oxygens (including phenoxy) is 1. The maximum atomic E-state index is 12.5. The summed E-state index contributed by atoms with van der Waals surface area (Å²) in [5.41, 5.74) is -1.42. The molecule has 4 saturated carbocycles. The highest BCUT2D eigenvalue weighted by Crippen LogP contribution is 2.67. The molecule has 0 heterocycles. The van der Waals surface area contributed by atoms with Crippen molar-refractivity contribution >= 4 is 5.97 Å². The summed E-state index contributed by atoms with van der Waals surface area (Å²) in [5, 5.41) is 10.0. The van der Waals surface area contributed by atoms with E-state index in [1.165, 1.54) is 0 Å². The Morgan fingerprint density at radius 3 is 2.32 bits per heavy atom. The van der Waals surface area contributed by atoms with E-state index in [-0.39, 0.29) is 12.0 Å². The highest BCUT2D eigenvalue weighted by atomic mass is 19.4. The van der Waals surface area contributed by atoms with Crippen LogP contribution in [0.15, 0.2) is 12.2 Å². The average Bonchev–Trinajstić information content (AvgIpc) is 3.13. The Morgan fingerprint density at radius 2 is 1.64 bits per heavy atom. The van der Waals surface area contributed by atoms with Gasteiger partial charge in [0.1, 0.15) is 11.7 Å². The van der Waals surface area contributed by atoms with Crippen LogP contribution in [0.1, 0.15) is 25.7 Å². The maximum absolute atomic E-state index is 12.5. The quantitative estimate of drug-likeness (QED) is 0.484. The summed E-state index contributed by atoms with van der Waals surface area (Å²) in [5.74, 6) is 0.937. The van der Waals surface area contributed by atoms with Gasteiger partial charge in [0.05, 0.1) is 6.10 Å². The summed E-state index contributed by atoms with van der Waals surface area (Å²) in [4.78, 5) is 11.6. The van der Waals surface area contributed by atoms with Gasteiger partial charge in [0.15, 0.2) is 0 Å². The minimum absolute atomic E-state index is 0.169. The molecule has 8 atom stereocenters. The first-order valence-electron chi connectivity index (χ1n) is 7.92. The molecule has 4 rings (SSSR count). The molecule has 0 spiro atoms. The van der Waals surface area contributed by atoms with Crippen LogP contribution in [0.4, 0.5) is 13.2 Å². The molecular formula is C16H19F3O3. The minimum Gasteiger partial charge on any atom is -0.458 e. The predicted molar refractivity (Wildman–Crippen MR) is 70.5 cm³/mol. The van der Waals surface area contributed by atoms with Gasteiger partial charge in [-0.05, 0) is 61.2 Å². The van der Waals surface area contributed by atoms with Crippen LogP contribution in [-0.4, -0.2) is 29.5 Å². The van der Waals surface area contributed by atoms with Gasteiger partial charge < -0.3 is 9.84 Å². The molecule has 22 heavy (non-hydrogen) atoms. The number of alkyl halides is 3. The number of esters is 1. The van der Waals surface area contributed by atoms with Crippen LogP contribution in [0, 0.1) is 35.5 Å². The van der Waals surface area contributed by atoms with Crippen molar-refractivity contribution < 1.29 is 27.8 Å². The normalized spacial score (nSPS) is 48.5. The molecule has 0 radical (unpaired) electrons. The first kappa shape index (κ1) is 14.5. The molecule has 0 amide bonds. The van der Waals surface area contributed by atoms with Crippen molar-refractivity contribution in [2.24, 2.45) is 35.5 Å². The molecule has 6 heteroatoms. The van der Waals surface area contributed by atoms with Gasteiger partial charge in [0, 0.05) is 0 Å². The lowest BCUT2D eigenvalue weighted by Crippen LogP contribution is -2.41. The van der Waals surface area contributed by atoms with Gasteiger partial charge in [0.25, 0.3) is 0 Å². The number of halogens is 3. The first-order chi connectivity index (χ1) is 10.3. The molecule has 8 unspecified atom stereocenters. The van der Waals surface area contributed by atoms with Crippen molar-refractivity contribution in [1.29, 1.82) is 0 Å². The number of rotatable bonds is 2. The summed E-state index contributed by atoms with van der Waals surface area (Å²) in [6, 6.07) is 0. The third-order valence-corrected chi connectivity index (χ3v) is 6.57. The third-order valence-electron chi connectivity index (χ3n) is 6.57. The molecule has 0 saturated heterocycles. The fourth-order valence-electron chi connectivity index (χ4n) is 5.96. The van der Waals surface area contributed by atoms with Crippen molar-refractivity contribution in [3.63, 3.8) is 0 Å². The molecular weight excluding hydrogens is 297 g/mol. The second-order valence-corrected chi connectivity index (χ2v) is 7.43. The zero-order valence-corrected chi connectivity index (χ0v) is 12.1. The van der Waals surface area contributed by atoms with Crippen LogP contribution in [0.2, 0.25) is 0 Å². The van der Waals surface area contributed by atoms with Gasteiger partial charge in [-0.25, -0.2) is 4.79 Å². The lowest BCUT2D eigenvalue weighted by molar-refractivity contribution is -0.160. The Kier molecular flexibility index (Phi) is 2.97. The topological polar surface area (TPSA) is 46.5 Å². The summed E-state index contributed by atoms with van der Waals surface area (Å²) in [6.45, 7) is 2.81. The predicted octanol–water partition coefficient (Wildman–Crippen LogP) is 2.69. The third kappa shape index (κ3) is 1.88. The van der Waals surface area contributed by atoms with E-state index in [1.54, 1.807) is 0 Å². The van der Waals surface area contributed by atoms with Crippen molar-refractivity contribution in [2.75, 3.05) is 0 Å². The molecule has 3 nitrogen and oxygen atoms in total. The molecule has 4 aliphatic carbocycles. The number of carbonyl (C=O) groups is 1. The second kappa shape index (κ2) is 4.49. The van der Waals surface area contributed by atoms with Gasteiger partial charge >= 0.3 is 12.1 Å². The Labute approximate surface area is 126 Å². The van der Waals surface area contributed by atoms with E-state index in [1.807, 2.05) is 0 Å². The number of hydrogen-bond acceptors (Lipinski definition) is 3. The molecule has 0 aromatic carbocycles. The van der Waals surface area contributed by atoms with Crippen LogP contribution in [0.3, 0.4) is 0 Å². The van der Waals surface area contributed by atoms with Crippen LogP contribution in [-0.2, 0) is 9.53 Å². The molecule has 0 aliphatic heterocycles. The van der Waals surface area contributed by atoms with E-state index >= 15 is 0 Å². The van der Waals surface area contributed by atoms with E-state index in [9.17, 15) is 23.1 Å². The highest BCUT2D eigenvalue weighted by molar-refractivity contribution is 5.89. The fraction of sp³-hybridized carbons (Fsp3) is 0.812. The van der Waals surface area contributed by atoms with Crippen LogP contribution < -0.4 is 0 Å². The van der Waals surface area contributed by atoms with E-state index in [4.69, 9.17) is 4.74 Å². The van der Waals surface area contributed by atoms with Gasteiger partial charge in [-0.15, -0.1) is 0 Å². The Hall–Kier alpha value is -1.04. The summed E-state index contributed by atoms with van der Waals surface area (Å²) in [6.07, 6.45) is -1.96. The Bertz CT molecular complexity index is 529. The SMILES string of the molecule is C=C(C(=O)OC1CC2CC1C1C3CC(O)C(C3)C21)C(F)(F)F. The number of aliphatic hydroxyl groups is 1. The smallest absolute Gasteiger partial charge is 0.422 e. The second-order valence-electron chi connectivity index (χ2n) is 7.43. The highest BCUT2D eigenvalue weighted by Gasteiger charge is 2.65. The molecule has 122 valence electrons. The number of hydrogen-bond donors (Lipinski definition) is 1. The zero-order chi connectivity index (χ0) is 15.8. The monoisotopic (exact) mass is 316 g/mol. The molecule has 4 aliphatic rings. The van der Waals surface area contributed by atoms with E-state index in [2.05, 4.69) is 6.58 Å². The lowest BCUT2D eigenvalue weighted by atomic mass is 9.69. The van der Waals surface area contributed by atoms with Crippen molar-refractivity contribution in [2.45, 2.75) is 44.1 Å². The summed E-state index contributed by atoms with van der Waals surface area (Å²) >= 11 is 0. The number of fused-ring (bicyclic) bond motifs is 9.